The monoisotopic (exact) mass is 315 g/mol. The molecule has 0 spiro atoms. The van der Waals surface area contributed by atoms with Crippen molar-refractivity contribution in [2.75, 3.05) is 0 Å². The summed E-state index contributed by atoms with van der Waals surface area (Å²) in [6.45, 7) is 0. The van der Waals surface area contributed by atoms with Crippen molar-refractivity contribution in [2.45, 2.75) is 6.10 Å². The third-order valence-electron chi connectivity index (χ3n) is 2.19. The molecule has 1 atom stereocenters. The fourth-order valence-corrected chi connectivity index (χ4v) is 1.96. The van der Waals surface area contributed by atoms with Gasteiger partial charge in [0.25, 0.3) is 0 Å². The molecule has 0 fully saturated rings. The van der Waals surface area contributed by atoms with E-state index in [2.05, 4.69) is 32.9 Å². The van der Waals surface area contributed by atoms with Crippen LogP contribution in [0.2, 0.25) is 0 Å². The first-order chi connectivity index (χ1) is 7.18. The standard InChI is InChI=1S/C10H10IN3O/c1-14-9(6-12-13-14)10(15)7-3-2-4-8(11)5-7/h2-6,10,15H,1H3. The molecular formula is C10H10IN3O. The average molecular weight is 315 g/mol. The van der Waals surface area contributed by atoms with Gasteiger partial charge >= 0.3 is 0 Å². The van der Waals surface area contributed by atoms with Gasteiger partial charge in [-0.3, -0.25) is 0 Å². The topological polar surface area (TPSA) is 50.9 Å². The summed E-state index contributed by atoms with van der Waals surface area (Å²) < 4.78 is 2.67. The molecule has 0 radical (unpaired) electrons. The second-order valence-electron chi connectivity index (χ2n) is 3.24. The molecule has 1 aromatic carbocycles. The van der Waals surface area contributed by atoms with E-state index in [0.29, 0.717) is 5.69 Å². The first-order valence-electron chi connectivity index (χ1n) is 4.46. The highest BCUT2D eigenvalue weighted by molar-refractivity contribution is 14.1. The molecule has 1 aromatic heterocycles. The second kappa shape index (κ2) is 4.28. The summed E-state index contributed by atoms with van der Waals surface area (Å²) in [5.74, 6) is 0. The summed E-state index contributed by atoms with van der Waals surface area (Å²) >= 11 is 2.22. The molecule has 1 heterocycles. The third kappa shape index (κ3) is 2.18. The SMILES string of the molecule is Cn1nncc1C(O)c1cccc(I)c1. The van der Waals surface area contributed by atoms with Gasteiger partial charge in [0.2, 0.25) is 0 Å². The molecule has 0 aliphatic carbocycles. The van der Waals surface area contributed by atoms with Crippen molar-refractivity contribution >= 4 is 22.6 Å². The van der Waals surface area contributed by atoms with Gasteiger partial charge in [-0.15, -0.1) is 5.10 Å². The van der Waals surface area contributed by atoms with Crippen LogP contribution in [0.1, 0.15) is 17.4 Å². The highest BCUT2D eigenvalue weighted by Crippen LogP contribution is 2.21. The molecule has 1 N–H and O–H groups in total. The Bertz CT molecular complexity index is 469. The molecular weight excluding hydrogens is 305 g/mol. The number of hydrogen-bond acceptors (Lipinski definition) is 3. The third-order valence-corrected chi connectivity index (χ3v) is 2.87. The van der Waals surface area contributed by atoms with Gasteiger partial charge in [-0.1, -0.05) is 17.3 Å². The lowest BCUT2D eigenvalue weighted by atomic mass is 10.1. The minimum Gasteiger partial charge on any atom is -0.382 e. The minimum absolute atomic E-state index is 0.667. The quantitative estimate of drug-likeness (QED) is 0.855. The maximum absolute atomic E-state index is 10.1. The largest absolute Gasteiger partial charge is 0.382 e. The molecule has 1 unspecified atom stereocenters. The first kappa shape index (κ1) is 10.6. The lowest BCUT2D eigenvalue weighted by molar-refractivity contribution is 0.209. The highest BCUT2D eigenvalue weighted by atomic mass is 127. The van der Waals surface area contributed by atoms with Gasteiger partial charge in [-0.2, -0.15) is 0 Å². The van der Waals surface area contributed by atoms with Crippen LogP contribution in [0, 0.1) is 3.57 Å². The van der Waals surface area contributed by atoms with Crippen molar-refractivity contribution < 1.29 is 5.11 Å². The van der Waals surface area contributed by atoms with Crippen LogP contribution in [0.5, 0.6) is 0 Å². The number of rotatable bonds is 2. The fraction of sp³-hybridized carbons (Fsp3) is 0.200. The van der Waals surface area contributed by atoms with Crippen molar-refractivity contribution in [1.82, 2.24) is 15.0 Å². The summed E-state index contributed by atoms with van der Waals surface area (Å²) in [6.07, 6.45) is 0.907. The zero-order chi connectivity index (χ0) is 10.8. The maximum atomic E-state index is 10.1. The number of benzene rings is 1. The van der Waals surface area contributed by atoms with Crippen LogP contribution in [0.4, 0.5) is 0 Å². The average Bonchev–Trinajstić information content (AvgIpc) is 2.63. The molecule has 2 aromatic rings. The normalized spacial score (nSPS) is 12.7. The lowest BCUT2D eigenvalue weighted by Gasteiger charge is -2.10. The summed E-state index contributed by atoms with van der Waals surface area (Å²) in [7, 11) is 1.76. The predicted molar refractivity (Wildman–Crippen MR) is 64.2 cm³/mol. The van der Waals surface area contributed by atoms with Crippen molar-refractivity contribution in [1.29, 1.82) is 0 Å². The van der Waals surface area contributed by atoms with E-state index in [-0.39, 0.29) is 0 Å². The molecule has 0 bridgehead atoms. The van der Waals surface area contributed by atoms with E-state index >= 15 is 0 Å². The Morgan fingerprint density at radius 3 is 2.87 bits per heavy atom. The molecule has 0 aliphatic heterocycles. The van der Waals surface area contributed by atoms with E-state index in [9.17, 15) is 5.11 Å². The molecule has 4 nitrogen and oxygen atoms in total. The lowest BCUT2D eigenvalue weighted by Crippen LogP contribution is -2.06. The van der Waals surface area contributed by atoms with Gasteiger partial charge in [0, 0.05) is 10.6 Å². The maximum Gasteiger partial charge on any atom is 0.122 e. The van der Waals surface area contributed by atoms with Crippen LogP contribution in [0.3, 0.4) is 0 Å². The summed E-state index contributed by atoms with van der Waals surface area (Å²) in [5, 5.41) is 17.6. The summed E-state index contributed by atoms with van der Waals surface area (Å²) in [5.41, 5.74) is 1.55. The molecule has 0 amide bonds. The predicted octanol–water partition coefficient (Wildman–Crippen LogP) is 1.50. The highest BCUT2D eigenvalue weighted by Gasteiger charge is 2.14. The molecule has 2 rings (SSSR count). The van der Waals surface area contributed by atoms with Crippen LogP contribution in [-0.4, -0.2) is 20.1 Å². The second-order valence-corrected chi connectivity index (χ2v) is 4.49. The van der Waals surface area contributed by atoms with Gasteiger partial charge in [0.15, 0.2) is 0 Å². The number of halogens is 1. The Labute approximate surface area is 101 Å². The summed E-state index contributed by atoms with van der Waals surface area (Å²) in [4.78, 5) is 0. The number of hydrogen-bond donors (Lipinski definition) is 1. The molecule has 0 saturated carbocycles. The van der Waals surface area contributed by atoms with E-state index in [1.54, 1.807) is 17.9 Å². The van der Waals surface area contributed by atoms with Crippen LogP contribution in [0.15, 0.2) is 30.5 Å². The number of aryl methyl sites for hydroxylation is 1. The van der Waals surface area contributed by atoms with Gasteiger partial charge < -0.3 is 5.11 Å². The molecule has 5 heteroatoms. The molecule has 78 valence electrons. The van der Waals surface area contributed by atoms with Gasteiger partial charge in [-0.25, -0.2) is 4.68 Å². The van der Waals surface area contributed by atoms with E-state index in [1.165, 1.54) is 0 Å². The van der Waals surface area contributed by atoms with Crippen LogP contribution >= 0.6 is 22.6 Å². The van der Waals surface area contributed by atoms with Crippen LogP contribution in [-0.2, 0) is 7.05 Å². The van der Waals surface area contributed by atoms with E-state index in [4.69, 9.17) is 0 Å². The Morgan fingerprint density at radius 2 is 2.27 bits per heavy atom. The van der Waals surface area contributed by atoms with Crippen LogP contribution < -0.4 is 0 Å². The Hall–Kier alpha value is -0.950. The van der Waals surface area contributed by atoms with Crippen molar-refractivity contribution in [3.05, 3.63) is 45.3 Å². The Morgan fingerprint density at radius 1 is 1.47 bits per heavy atom. The van der Waals surface area contributed by atoms with E-state index in [0.717, 1.165) is 9.13 Å². The Balaban J connectivity index is 2.36. The zero-order valence-electron chi connectivity index (χ0n) is 8.13. The zero-order valence-corrected chi connectivity index (χ0v) is 10.3. The first-order valence-corrected chi connectivity index (χ1v) is 5.54. The van der Waals surface area contributed by atoms with Gasteiger partial charge in [-0.05, 0) is 40.3 Å². The van der Waals surface area contributed by atoms with E-state index in [1.807, 2.05) is 24.3 Å². The number of aliphatic hydroxyl groups is 1. The molecule has 15 heavy (non-hydrogen) atoms. The molecule has 0 aliphatic rings. The minimum atomic E-state index is -0.667. The number of aromatic nitrogens is 3. The van der Waals surface area contributed by atoms with Crippen LogP contribution in [0.25, 0.3) is 0 Å². The van der Waals surface area contributed by atoms with Gasteiger partial charge in [0.1, 0.15) is 6.10 Å². The fourth-order valence-electron chi connectivity index (χ4n) is 1.39. The molecule has 0 saturated heterocycles. The van der Waals surface area contributed by atoms with E-state index < -0.39 is 6.10 Å². The van der Waals surface area contributed by atoms with Crippen molar-refractivity contribution in [3.8, 4) is 0 Å². The van der Waals surface area contributed by atoms with Crippen molar-refractivity contribution in [3.63, 3.8) is 0 Å². The Kier molecular flexibility index (Phi) is 3.01. The summed E-state index contributed by atoms with van der Waals surface area (Å²) in [6, 6.07) is 7.74. The van der Waals surface area contributed by atoms with Gasteiger partial charge in [0.05, 0.1) is 11.9 Å². The van der Waals surface area contributed by atoms with Crippen molar-refractivity contribution in [2.24, 2.45) is 7.05 Å². The number of nitrogens with zero attached hydrogens (tertiary/aromatic N) is 3. The smallest absolute Gasteiger partial charge is 0.122 e. The number of aliphatic hydroxyl groups excluding tert-OH is 1.